The van der Waals surface area contributed by atoms with Crippen LogP contribution in [0.2, 0.25) is 0 Å². The van der Waals surface area contributed by atoms with Gasteiger partial charge in [-0.3, -0.25) is 0 Å². The lowest BCUT2D eigenvalue weighted by atomic mass is 10.2. The minimum atomic E-state index is -4.76. The van der Waals surface area contributed by atoms with Gasteiger partial charge in [-0.25, -0.2) is 9.90 Å². The van der Waals surface area contributed by atoms with Crippen LogP contribution in [0.5, 0.6) is 0 Å². The summed E-state index contributed by atoms with van der Waals surface area (Å²) in [4.78, 5) is 11.0. The number of allylic oxidation sites excluding steroid dienone is 1. The Kier molecular flexibility index (Phi) is 6.48. The second-order valence-electron chi connectivity index (χ2n) is 2.43. The van der Waals surface area contributed by atoms with Crippen LogP contribution in [0.25, 0.3) is 0 Å². The predicted molar refractivity (Wildman–Crippen MR) is 55.7 cm³/mol. The number of hydrazone groups is 1. The summed E-state index contributed by atoms with van der Waals surface area (Å²) in [5.41, 5.74) is -1.34. The zero-order valence-corrected chi connectivity index (χ0v) is 11.3. The van der Waals surface area contributed by atoms with Gasteiger partial charge in [-0.1, -0.05) is 11.6 Å². The fourth-order valence-corrected chi connectivity index (χ4v) is 1.03. The molecule has 0 amide bonds. The van der Waals surface area contributed by atoms with Crippen molar-refractivity contribution in [1.29, 1.82) is 0 Å². The van der Waals surface area contributed by atoms with E-state index in [1.165, 1.54) is 6.92 Å². The van der Waals surface area contributed by atoms with Gasteiger partial charge in [-0.15, -0.1) is 0 Å². The highest BCUT2D eigenvalue weighted by Gasteiger charge is 2.37. The van der Waals surface area contributed by atoms with Crippen molar-refractivity contribution < 1.29 is 22.7 Å². The average molecular weight is 273 g/mol. The van der Waals surface area contributed by atoms with Crippen LogP contribution in [0.1, 0.15) is 6.92 Å². The third kappa shape index (κ3) is 4.88. The standard InChI is InChI=1S/C7H8ClF3N2O2.Al.2H/c1-2-15-6(14)5(8)4(3-13-12)7(9,10)11;;;/h3H,2H2,1H3,(H2,12,14);;;/q;+1;;/p-1. The molecular weight excluding hydrogens is 264 g/mol. The maximum atomic E-state index is 12.4. The molecule has 0 heterocycles. The van der Waals surface area contributed by atoms with Crippen molar-refractivity contribution in [2.75, 3.05) is 6.61 Å². The number of rotatable bonds is 4. The Morgan fingerprint density at radius 3 is 2.56 bits per heavy atom. The normalized spacial score (nSPS) is 13.6. The van der Waals surface area contributed by atoms with Crippen molar-refractivity contribution in [2.24, 2.45) is 5.10 Å². The lowest BCUT2D eigenvalue weighted by Crippen LogP contribution is -2.19. The van der Waals surface area contributed by atoms with Gasteiger partial charge >= 0.3 is 28.7 Å². The minimum Gasteiger partial charge on any atom is -0.462 e. The van der Waals surface area contributed by atoms with E-state index < -0.39 is 22.8 Å². The van der Waals surface area contributed by atoms with E-state index in [0.29, 0.717) is 22.7 Å². The Balaban J connectivity index is 5.21. The first kappa shape index (κ1) is 15.3. The lowest BCUT2D eigenvalue weighted by molar-refractivity contribution is -0.138. The number of nitrogens with one attached hydrogen (secondary N) is 1. The van der Waals surface area contributed by atoms with E-state index >= 15 is 0 Å². The molecule has 0 unspecified atom stereocenters. The highest BCUT2D eigenvalue weighted by atomic mass is 35.5. The molecule has 0 aliphatic rings. The van der Waals surface area contributed by atoms with Crippen LogP contribution < -0.4 is 4.41 Å². The molecule has 4 nitrogen and oxygen atoms in total. The third-order valence-corrected chi connectivity index (χ3v) is 1.94. The predicted octanol–water partition coefficient (Wildman–Crippen LogP) is 0.728. The smallest absolute Gasteiger partial charge is 0.419 e. The van der Waals surface area contributed by atoms with Gasteiger partial charge in [0, 0.05) is 0 Å². The third-order valence-electron chi connectivity index (χ3n) is 1.32. The molecule has 0 fully saturated rings. The van der Waals surface area contributed by atoms with E-state index in [4.69, 9.17) is 11.6 Å². The van der Waals surface area contributed by atoms with Gasteiger partial charge in [0.15, 0.2) is 0 Å². The maximum Gasteiger partial charge on any atom is 0.419 e. The fourth-order valence-electron chi connectivity index (χ4n) is 0.688. The van der Waals surface area contributed by atoms with Gasteiger partial charge in [0.25, 0.3) is 0 Å². The first-order chi connectivity index (χ1) is 7.34. The van der Waals surface area contributed by atoms with Gasteiger partial charge in [0.05, 0.1) is 12.8 Å². The van der Waals surface area contributed by atoms with Gasteiger partial charge < -0.3 is 9.15 Å². The molecule has 0 saturated heterocycles. The second-order valence-corrected chi connectivity index (χ2v) is 3.25. The monoisotopic (exact) mass is 272 g/mol. The summed E-state index contributed by atoms with van der Waals surface area (Å²) in [6.07, 6.45) is -4.31. The van der Waals surface area contributed by atoms with Crippen LogP contribution in [0.3, 0.4) is 0 Å². The number of halogens is 4. The van der Waals surface area contributed by atoms with Crippen molar-refractivity contribution in [1.82, 2.24) is 4.41 Å². The molecule has 0 aliphatic carbocycles. The van der Waals surface area contributed by atoms with Gasteiger partial charge in [-0.05, 0) is 6.92 Å². The molecule has 0 spiro atoms. The Morgan fingerprint density at radius 2 is 2.19 bits per heavy atom. The van der Waals surface area contributed by atoms with Gasteiger partial charge in [-0.2, -0.15) is 13.2 Å². The Labute approximate surface area is 103 Å². The first-order valence-electron chi connectivity index (χ1n) is 4.18. The molecule has 0 atom stereocenters. The summed E-state index contributed by atoms with van der Waals surface area (Å²) in [6.45, 7) is 1.40. The van der Waals surface area contributed by atoms with Crippen LogP contribution in [0, 0.1) is 0 Å². The zero-order chi connectivity index (χ0) is 12.8. The molecule has 0 radical (unpaired) electrons. The Bertz CT molecular complexity index is 317. The summed E-state index contributed by atoms with van der Waals surface area (Å²) >= 11 is 5.65. The summed E-state index contributed by atoms with van der Waals surface area (Å²) in [7, 11) is 0. The fraction of sp³-hybridized carbons (Fsp3) is 0.429. The number of alkyl halides is 3. The number of nitrogens with zero attached hydrogens (tertiary/aromatic N) is 1. The highest BCUT2D eigenvalue weighted by molar-refractivity contribution is 6.43. The summed E-state index contributed by atoms with van der Waals surface area (Å²) in [5.74, 6) is -1.23. The number of hydrogen-bond acceptors (Lipinski definition) is 4. The molecule has 0 bridgehead atoms. The van der Waals surface area contributed by atoms with Crippen LogP contribution in [0.15, 0.2) is 15.7 Å². The topological polar surface area (TPSA) is 50.7 Å². The first-order valence-corrected chi connectivity index (χ1v) is 5.56. The molecular formula is C7H9AlClF3N2O2. The molecule has 0 aliphatic heterocycles. The Hall–Kier alpha value is -0.708. The lowest BCUT2D eigenvalue weighted by Gasteiger charge is -2.09. The zero-order valence-electron chi connectivity index (χ0n) is 8.56. The van der Waals surface area contributed by atoms with E-state index in [1.807, 2.05) is 0 Å². The number of hydrogen-bond donors (Lipinski definition) is 1. The van der Waals surface area contributed by atoms with Crippen molar-refractivity contribution >= 4 is 40.3 Å². The maximum absolute atomic E-state index is 12.4. The van der Waals surface area contributed by atoms with Crippen LogP contribution in [-0.2, 0) is 9.53 Å². The molecule has 0 aromatic carbocycles. The molecule has 0 aromatic rings. The largest absolute Gasteiger partial charge is 0.462 e. The number of carbonyl (C=O) groups excluding carboxylic acids is 1. The van der Waals surface area contributed by atoms with Crippen LogP contribution in [0.4, 0.5) is 13.2 Å². The molecule has 0 saturated carbocycles. The second kappa shape index (κ2) is 6.78. The van der Waals surface area contributed by atoms with Crippen LogP contribution in [-0.4, -0.2) is 41.5 Å². The van der Waals surface area contributed by atoms with E-state index in [2.05, 4.69) is 14.2 Å². The summed E-state index contributed by atoms with van der Waals surface area (Å²) in [5, 5.41) is 2.19. The van der Waals surface area contributed by atoms with E-state index in [9.17, 15) is 18.0 Å². The highest BCUT2D eigenvalue weighted by Crippen LogP contribution is 2.29. The van der Waals surface area contributed by atoms with Crippen molar-refractivity contribution in [3.63, 3.8) is 0 Å². The van der Waals surface area contributed by atoms with Crippen molar-refractivity contribution in [3.05, 3.63) is 10.6 Å². The quantitative estimate of drug-likeness (QED) is 0.270. The minimum absolute atomic E-state index is 0.0593. The molecule has 90 valence electrons. The van der Waals surface area contributed by atoms with Crippen molar-refractivity contribution in [2.45, 2.75) is 13.1 Å². The van der Waals surface area contributed by atoms with E-state index in [-0.39, 0.29) is 6.61 Å². The van der Waals surface area contributed by atoms with E-state index in [0.717, 1.165) is 0 Å². The molecule has 0 aromatic heterocycles. The molecule has 0 rings (SSSR count). The van der Waals surface area contributed by atoms with E-state index in [1.54, 1.807) is 0 Å². The van der Waals surface area contributed by atoms with Crippen molar-refractivity contribution in [3.8, 4) is 0 Å². The Morgan fingerprint density at radius 1 is 1.62 bits per heavy atom. The average Bonchev–Trinajstić information content (AvgIpc) is 2.16. The summed E-state index contributed by atoms with van der Waals surface area (Å²) < 4.78 is 43.9. The van der Waals surface area contributed by atoms with Gasteiger partial charge in [0.1, 0.15) is 10.6 Å². The summed E-state index contributed by atoms with van der Waals surface area (Å²) in [6, 6.07) is 0. The molecule has 9 heteroatoms. The molecule has 1 N–H and O–H groups in total. The number of ether oxygens (including phenoxy) is 1. The van der Waals surface area contributed by atoms with Crippen LogP contribution >= 0.6 is 11.6 Å². The SMILES string of the molecule is CCOC(=O)/C(Cl)=C(\C=N\[NH][AlH2])C(F)(F)F. The number of carbonyl (C=O) groups is 1. The molecule has 16 heavy (non-hydrogen) atoms. The number of esters is 1. The van der Waals surface area contributed by atoms with Gasteiger partial charge in [0.2, 0.25) is 0 Å².